The molecule has 110 valence electrons. The van der Waals surface area contributed by atoms with Crippen molar-refractivity contribution in [3.63, 3.8) is 0 Å². The van der Waals surface area contributed by atoms with Gasteiger partial charge in [0.05, 0.1) is 26.4 Å². The zero-order chi connectivity index (χ0) is 14.4. The standard InChI is InChI=1S/C10H12O.C6H10O3/c1-3-4-9-7-8(2)5-6-10(9)11;1(5-3-8-5)7-2-6-4-9-6/h3,5-7,11H,1,4H2,2H3;5-6H,1-4H2. The van der Waals surface area contributed by atoms with Crippen LogP contribution in [0.4, 0.5) is 0 Å². The van der Waals surface area contributed by atoms with E-state index in [2.05, 4.69) is 6.58 Å². The van der Waals surface area contributed by atoms with E-state index in [0.29, 0.717) is 18.0 Å². The third kappa shape index (κ3) is 5.74. The van der Waals surface area contributed by atoms with E-state index < -0.39 is 0 Å². The van der Waals surface area contributed by atoms with Crippen LogP contribution in [0.2, 0.25) is 0 Å². The Morgan fingerprint density at radius 2 is 1.90 bits per heavy atom. The zero-order valence-electron chi connectivity index (χ0n) is 11.9. The van der Waals surface area contributed by atoms with Crippen LogP contribution in [0.1, 0.15) is 11.1 Å². The van der Waals surface area contributed by atoms with Crippen molar-refractivity contribution in [2.24, 2.45) is 0 Å². The van der Waals surface area contributed by atoms with E-state index in [4.69, 9.17) is 14.2 Å². The molecule has 1 aromatic rings. The molecule has 4 heteroatoms. The molecule has 0 aromatic heterocycles. The Morgan fingerprint density at radius 3 is 2.40 bits per heavy atom. The number of rotatable bonds is 6. The van der Waals surface area contributed by atoms with Crippen LogP contribution in [0.5, 0.6) is 5.75 Å². The number of phenolic OH excluding ortho intramolecular Hbond substituents is 1. The van der Waals surface area contributed by atoms with Gasteiger partial charge < -0.3 is 19.3 Å². The summed E-state index contributed by atoms with van der Waals surface area (Å²) in [5.41, 5.74) is 2.11. The maximum Gasteiger partial charge on any atom is 0.119 e. The number of epoxide rings is 2. The number of aromatic hydroxyl groups is 1. The fraction of sp³-hybridized carbons (Fsp3) is 0.500. The number of hydrogen-bond donors (Lipinski definition) is 1. The Balaban J connectivity index is 0.000000149. The topological polar surface area (TPSA) is 54.5 Å². The second-order valence-corrected chi connectivity index (χ2v) is 5.07. The summed E-state index contributed by atoms with van der Waals surface area (Å²) < 4.78 is 15.1. The Hall–Kier alpha value is -1.36. The van der Waals surface area contributed by atoms with Crippen LogP contribution < -0.4 is 0 Å². The van der Waals surface area contributed by atoms with Gasteiger partial charge >= 0.3 is 0 Å². The second-order valence-electron chi connectivity index (χ2n) is 5.07. The smallest absolute Gasteiger partial charge is 0.119 e. The predicted octanol–water partition coefficient (Wildman–Crippen LogP) is 2.23. The van der Waals surface area contributed by atoms with Crippen molar-refractivity contribution < 1.29 is 19.3 Å². The largest absolute Gasteiger partial charge is 0.508 e. The third-order valence-corrected chi connectivity index (χ3v) is 3.01. The summed E-state index contributed by atoms with van der Waals surface area (Å²) in [4.78, 5) is 0. The molecule has 0 bridgehead atoms. The molecule has 2 fully saturated rings. The van der Waals surface area contributed by atoms with Gasteiger partial charge in [-0.1, -0.05) is 23.8 Å². The average Bonchev–Trinajstić information content (AvgIpc) is 3.29. The van der Waals surface area contributed by atoms with Gasteiger partial charge in [0.1, 0.15) is 18.0 Å². The molecule has 0 radical (unpaired) electrons. The zero-order valence-corrected chi connectivity index (χ0v) is 11.9. The number of ether oxygens (including phenoxy) is 3. The first kappa shape index (κ1) is 15.0. The van der Waals surface area contributed by atoms with Gasteiger partial charge in [-0.2, -0.15) is 0 Å². The minimum atomic E-state index is 0.357. The molecule has 2 heterocycles. The molecular formula is C16H22O4. The van der Waals surface area contributed by atoms with E-state index in [1.54, 1.807) is 12.1 Å². The SMILES string of the molecule is C(OCC1CO1)C1CO1.C=CCc1cc(C)ccc1O. The summed E-state index contributed by atoms with van der Waals surface area (Å²) in [6.45, 7) is 8.88. The van der Waals surface area contributed by atoms with Crippen LogP contribution in [0.15, 0.2) is 30.9 Å². The van der Waals surface area contributed by atoms with Crippen molar-refractivity contribution >= 4 is 0 Å². The molecule has 3 rings (SSSR count). The molecule has 1 N–H and O–H groups in total. The van der Waals surface area contributed by atoms with Crippen molar-refractivity contribution in [3.8, 4) is 5.75 Å². The lowest BCUT2D eigenvalue weighted by Gasteiger charge is -2.01. The molecule has 2 unspecified atom stereocenters. The molecule has 0 amide bonds. The number of aryl methyl sites for hydroxylation is 1. The number of allylic oxidation sites excluding steroid dienone is 1. The first-order chi connectivity index (χ1) is 9.69. The number of benzene rings is 1. The highest BCUT2D eigenvalue weighted by Gasteiger charge is 2.26. The van der Waals surface area contributed by atoms with Gasteiger partial charge in [-0.25, -0.2) is 0 Å². The van der Waals surface area contributed by atoms with E-state index in [0.717, 1.165) is 38.4 Å². The van der Waals surface area contributed by atoms with Crippen molar-refractivity contribution in [3.05, 3.63) is 42.0 Å². The highest BCUT2D eigenvalue weighted by molar-refractivity contribution is 5.36. The van der Waals surface area contributed by atoms with Gasteiger partial charge in [-0.3, -0.25) is 0 Å². The minimum Gasteiger partial charge on any atom is -0.508 e. The van der Waals surface area contributed by atoms with Crippen molar-refractivity contribution in [2.75, 3.05) is 26.4 Å². The molecule has 0 aliphatic carbocycles. The Kier molecular flexibility index (Phi) is 5.59. The number of phenols is 1. The first-order valence-corrected chi connectivity index (χ1v) is 6.89. The predicted molar refractivity (Wildman–Crippen MR) is 77.0 cm³/mol. The molecule has 2 aliphatic heterocycles. The summed E-state index contributed by atoms with van der Waals surface area (Å²) in [5, 5.41) is 9.32. The maximum absolute atomic E-state index is 9.32. The molecule has 0 spiro atoms. The lowest BCUT2D eigenvalue weighted by molar-refractivity contribution is 0.102. The van der Waals surface area contributed by atoms with Gasteiger partial charge in [0.25, 0.3) is 0 Å². The fourth-order valence-corrected chi connectivity index (χ4v) is 1.69. The van der Waals surface area contributed by atoms with Gasteiger partial charge in [0, 0.05) is 0 Å². The first-order valence-electron chi connectivity index (χ1n) is 6.89. The molecule has 2 atom stereocenters. The highest BCUT2D eigenvalue weighted by atomic mass is 16.6. The van der Waals surface area contributed by atoms with E-state index in [1.165, 1.54) is 5.56 Å². The molecule has 20 heavy (non-hydrogen) atoms. The Morgan fingerprint density at radius 1 is 1.30 bits per heavy atom. The summed E-state index contributed by atoms with van der Waals surface area (Å²) in [6.07, 6.45) is 3.30. The lowest BCUT2D eigenvalue weighted by atomic mass is 10.1. The van der Waals surface area contributed by atoms with Crippen molar-refractivity contribution in [2.45, 2.75) is 25.6 Å². The number of hydrogen-bond acceptors (Lipinski definition) is 4. The lowest BCUT2D eigenvalue weighted by Crippen LogP contribution is -2.06. The summed E-state index contributed by atoms with van der Waals surface area (Å²) in [5.74, 6) is 0.357. The molecule has 1 aromatic carbocycles. The van der Waals surface area contributed by atoms with Crippen LogP contribution in [-0.4, -0.2) is 43.7 Å². The summed E-state index contributed by atoms with van der Waals surface area (Å²) >= 11 is 0. The van der Waals surface area contributed by atoms with Crippen LogP contribution in [0.3, 0.4) is 0 Å². The van der Waals surface area contributed by atoms with E-state index >= 15 is 0 Å². The molecule has 0 saturated carbocycles. The average molecular weight is 278 g/mol. The summed E-state index contributed by atoms with van der Waals surface area (Å²) in [6, 6.07) is 5.58. The molecule has 4 nitrogen and oxygen atoms in total. The van der Waals surface area contributed by atoms with Crippen LogP contribution in [-0.2, 0) is 20.6 Å². The van der Waals surface area contributed by atoms with Gasteiger partial charge in [0.2, 0.25) is 0 Å². The summed E-state index contributed by atoms with van der Waals surface area (Å²) in [7, 11) is 0. The quantitative estimate of drug-likeness (QED) is 0.640. The molecular weight excluding hydrogens is 256 g/mol. The van der Waals surface area contributed by atoms with Crippen LogP contribution >= 0.6 is 0 Å². The minimum absolute atomic E-state index is 0.357. The normalized spacial score (nSPS) is 22.6. The van der Waals surface area contributed by atoms with Crippen molar-refractivity contribution in [1.82, 2.24) is 0 Å². The second kappa shape index (κ2) is 7.43. The van der Waals surface area contributed by atoms with E-state index in [1.807, 2.05) is 19.1 Å². The molecule has 2 aliphatic rings. The third-order valence-electron chi connectivity index (χ3n) is 3.01. The van der Waals surface area contributed by atoms with E-state index in [9.17, 15) is 5.11 Å². The van der Waals surface area contributed by atoms with Gasteiger partial charge in [-0.15, -0.1) is 6.58 Å². The fourth-order valence-electron chi connectivity index (χ4n) is 1.69. The van der Waals surface area contributed by atoms with Crippen LogP contribution in [0, 0.1) is 6.92 Å². The van der Waals surface area contributed by atoms with E-state index in [-0.39, 0.29) is 0 Å². The Labute approximate surface area is 120 Å². The van der Waals surface area contributed by atoms with Gasteiger partial charge in [0.15, 0.2) is 0 Å². The highest BCUT2D eigenvalue weighted by Crippen LogP contribution is 2.18. The van der Waals surface area contributed by atoms with Crippen molar-refractivity contribution in [1.29, 1.82) is 0 Å². The van der Waals surface area contributed by atoms with Gasteiger partial charge in [-0.05, 0) is 25.0 Å². The maximum atomic E-state index is 9.32. The molecule has 2 saturated heterocycles. The van der Waals surface area contributed by atoms with Crippen LogP contribution in [0.25, 0.3) is 0 Å². The monoisotopic (exact) mass is 278 g/mol. The Bertz CT molecular complexity index is 424.